The summed E-state index contributed by atoms with van der Waals surface area (Å²) in [6.07, 6.45) is 1.11. The van der Waals surface area contributed by atoms with Crippen LogP contribution in [0, 0.1) is 6.92 Å². The Labute approximate surface area is 153 Å². The summed E-state index contributed by atoms with van der Waals surface area (Å²) in [5.74, 6) is 0.0653. The number of hydrogen-bond donors (Lipinski definition) is 1. The van der Waals surface area contributed by atoms with Gasteiger partial charge in [0.05, 0.1) is 18.4 Å². The van der Waals surface area contributed by atoms with Crippen LogP contribution in [-0.4, -0.2) is 33.5 Å². The Morgan fingerprint density at radius 2 is 1.81 bits per heavy atom. The summed E-state index contributed by atoms with van der Waals surface area (Å²) in [4.78, 5) is 24.1. The number of benzene rings is 2. The highest BCUT2D eigenvalue weighted by Crippen LogP contribution is 2.23. The normalized spacial score (nSPS) is 11.1. The lowest BCUT2D eigenvalue weighted by Gasteiger charge is -2.12. The lowest BCUT2D eigenvalue weighted by Crippen LogP contribution is -2.16. The van der Waals surface area contributed by atoms with Crippen LogP contribution in [0.2, 0.25) is 0 Å². The second-order valence-electron chi connectivity index (χ2n) is 6.06. The number of carbonyl (C=O) groups excluding carboxylic acids is 2. The largest absolute Gasteiger partial charge is 0.496 e. The molecule has 0 heterocycles. The van der Waals surface area contributed by atoms with E-state index in [-0.39, 0.29) is 23.0 Å². The van der Waals surface area contributed by atoms with E-state index in [0.717, 1.165) is 11.8 Å². The quantitative estimate of drug-likeness (QED) is 0.784. The summed E-state index contributed by atoms with van der Waals surface area (Å²) in [6.45, 7) is 3.23. The first-order valence-corrected chi connectivity index (χ1v) is 9.79. The highest BCUT2D eigenvalue weighted by Gasteiger charge is 2.14. The second kappa shape index (κ2) is 7.70. The molecule has 0 aliphatic heterocycles. The molecule has 1 amide bonds. The van der Waals surface area contributed by atoms with Crippen LogP contribution < -0.4 is 10.1 Å². The zero-order valence-corrected chi connectivity index (χ0v) is 15.9. The Hall–Kier alpha value is -2.67. The molecule has 0 fully saturated rings. The van der Waals surface area contributed by atoms with Crippen LogP contribution in [-0.2, 0) is 21.1 Å². The van der Waals surface area contributed by atoms with Crippen molar-refractivity contribution in [2.45, 2.75) is 25.2 Å². The van der Waals surface area contributed by atoms with Crippen molar-refractivity contribution in [3.8, 4) is 5.75 Å². The molecule has 2 aromatic carbocycles. The predicted molar refractivity (Wildman–Crippen MR) is 99.6 cm³/mol. The molecule has 1 N–H and O–H groups in total. The Bertz CT molecular complexity index is 964. The molecule has 0 atom stereocenters. The van der Waals surface area contributed by atoms with Gasteiger partial charge >= 0.3 is 0 Å². The molecule has 0 aliphatic rings. The maximum absolute atomic E-state index is 12.4. The predicted octanol–water partition coefficient (Wildman–Crippen LogP) is 2.79. The fourth-order valence-electron chi connectivity index (χ4n) is 2.47. The van der Waals surface area contributed by atoms with Gasteiger partial charge in [-0.2, -0.15) is 0 Å². The van der Waals surface area contributed by atoms with Crippen molar-refractivity contribution in [1.29, 1.82) is 0 Å². The lowest BCUT2D eigenvalue weighted by atomic mass is 10.0. The topological polar surface area (TPSA) is 89.5 Å². The first-order chi connectivity index (χ1) is 12.1. The summed E-state index contributed by atoms with van der Waals surface area (Å²) in [5, 5.41) is 2.73. The average Bonchev–Trinajstić information content (AvgIpc) is 2.55. The van der Waals surface area contributed by atoms with Gasteiger partial charge in [-0.15, -0.1) is 0 Å². The third-order valence-corrected chi connectivity index (χ3v) is 5.06. The molecule has 138 valence electrons. The zero-order chi connectivity index (χ0) is 19.5. The Morgan fingerprint density at radius 3 is 2.38 bits per heavy atom. The van der Waals surface area contributed by atoms with Gasteiger partial charge < -0.3 is 10.1 Å². The molecule has 0 bridgehead atoms. The Morgan fingerprint density at radius 1 is 1.12 bits per heavy atom. The minimum Gasteiger partial charge on any atom is -0.496 e. The number of anilines is 1. The Balaban J connectivity index is 2.27. The molecule has 0 saturated heterocycles. The van der Waals surface area contributed by atoms with Crippen molar-refractivity contribution in [3.63, 3.8) is 0 Å². The average molecular weight is 375 g/mol. The van der Waals surface area contributed by atoms with E-state index in [1.165, 1.54) is 26.2 Å². The van der Waals surface area contributed by atoms with Crippen molar-refractivity contribution in [3.05, 3.63) is 53.1 Å². The van der Waals surface area contributed by atoms with Crippen molar-refractivity contribution in [2.24, 2.45) is 0 Å². The van der Waals surface area contributed by atoms with Crippen LogP contribution in [0.1, 0.15) is 28.4 Å². The molecule has 0 aliphatic carbocycles. The van der Waals surface area contributed by atoms with E-state index in [0.29, 0.717) is 22.6 Å². The number of sulfone groups is 1. The summed E-state index contributed by atoms with van der Waals surface area (Å²) in [5.41, 5.74) is 2.24. The maximum Gasteiger partial charge on any atom is 0.228 e. The zero-order valence-electron chi connectivity index (χ0n) is 15.1. The van der Waals surface area contributed by atoms with Gasteiger partial charge in [0.25, 0.3) is 0 Å². The molecule has 0 unspecified atom stereocenters. The van der Waals surface area contributed by atoms with Crippen LogP contribution in [0.3, 0.4) is 0 Å². The van der Waals surface area contributed by atoms with Gasteiger partial charge in [0, 0.05) is 23.1 Å². The van der Waals surface area contributed by atoms with Crippen LogP contribution in [0.5, 0.6) is 5.75 Å². The highest BCUT2D eigenvalue weighted by molar-refractivity contribution is 7.90. The number of methoxy groups -OCH3 is 1. The van der Waals surface area contributed by atoms with Gasteiger partial charge in [-0.05, 0) is 49.7 Å². The third-order valence-electron chi connectivity index (χ3n) is 3.95. The lowest BCUT2D eigenvalue weighted by molar-refractivity contribution is -0.115. The minimum atomic E-state index is -3.37. The van der Waals surface area contributed by atoms with Crippen LogP contribution in [0.4, 0.5) is 5.69 Å². The number of ether oxygens (including phenoxy) is 1. The van der Waals surface area contributed by atoms with Crippen LogP contribution in [0.25, 0.3) is 0 Å². The SMILES string of the molecule is COc1ccc(C(C)=O)cc1CC(=O)Nc1cc(S(C)(=O)=O)ccc1C. The first kappa shape index (κ1) is 19.7. The van der Waals surface area contributed by atoms with Crippen molar-refractivity contribution in [2.75, 3.05) is 18.7 Å². The number of carbonyl (C=O) groups is 2. The molecule has 0 aromatic heterocycles. The van der Waals surface area contributed by atoms with E-state index in [1.807, 2.05) is 0 Å². The van der Waals surface area contributed by atoms with Crippen molar-refractivity contribution >= 4 is 27.2 Å². The van der Waals surface area contributed by atoms with E-state index < -0.39 is 9.84 Å². The standard InChI is InChI=1S/C19H21NO5S/c1-12-5-7-16(26(4,23)24)11-17(12)20-19(22)10-15-9-14(13(2)21)6-8-18(15)25-3/h5-9,11H,10H2,1-4H3,(H,20,22). The van der Waals surface area contributed by atoms with Crippen molar-refractivity contribution in [1.82, 2.24) is 0 Å². The molecular formula is C19H21NO5S. The molecule has 2 rings (SSSR count). The van der Waals surface area contributed by atoms with E-state index in [2.05, 4.69) is 5.32 Å². The van der Waals surface area contributed by atoms with Gasteiger partial charge in [0.15, 0.2) is 15.6 Å². The van der Waals surface area contributed by atoms with Gasteiger partial charge in [0.2, 0.25) is 5.91 Å². The third kappa shape index (κ3) is 4.70. The smallest absolute Gasteiger partial charge is 0.228 e. The minimum absolute atomic E-state index is 0.00711. The summed E-state index contributed by atoms with van der Waals surface area (Å²) in [6, 6.07) is 9.49. The maximum atomic E-state index is 12.4. The van der Waals surface area contributed by atoms with E-state index in [9.17, 15) is 18.0 Å². The number of Topliss-reactive ketones (excluding diaryl/α,β-unsaturated/α-hetero) is 1. The molecule has 0 saturated carbocycles. The highest BCUT2D eigenvalue weighted by atomic mass is 32.2. The number of aryl methyl sites for hydroxylation is 1. The summed E-state index contributed by atoms with van der Waals surface area (Å²) in [7, 11) is -1.88. The molecule has 26 heavy (non-hydrogen) atoms. The fourth-order valence-corrected chi connectivity index (χ4v) is 3.12. The molecule has 6 nitrogen and oxygen atoms in total. The van der Waals surface area contributed by atoms with E-state index in [4.69, 9.17) is 4.74 Å². The Kier molecular flexibility index (Phi) is 5.82. The van der Waals surface area contributed by atoms with Gasteiger partial charge in [-0.3, -0.25) is 9.59 Å². The number of rotatable bonds is 6. The molecule has 7 heteroatoms. The monoisotopic (exact) mass is 375 g/mol. The molecule has 0 radical (unpaired) electrons. The van der Waals surface area contributed by atoms with Crippen molar-refractivity contribution < 1.29 is 22.7 Å². The summed E-state index contributed by atoms with van der Waals surface area (Å²) >= 11 is 0. The van der Waals surface area contributed by atoms with Gasteiger partial charge in [-0.25, -0.2) is 8.42 Å². The van der Waals surface area contributed by atoms with Gasteiger partial charge in [0.1, 0.15) is 5.75 Å². The fraction of sp³-hybridized carbons (Fsp3) is 0.263. The molecular weight excluding hydrogens is 354 g/mol. The van der Waals surface area contributed by atoms with E-state index >= 15 is 0 Å². The first-order valence-electron chi connectivity index (χ1n) is 7.90. The second-order valence-corrected chi connectivity index (χ2v) is 8.07. The number of amides is 1. The summed E-state index contributed by atoms with van der Waals surface area (Å²) < 4.78 is 28.6. The van der Waals surface area contributed by atoms with E-state index in [1.54, 1.807) is 31.2 Å². The number of nitrogens with one attached hydrogen (secondary N) is 1. The van der Waals surface area contributed by atoms with Crippen LogP contribution >= 0.6 is 0 Å². The van der Waals surface area contributed by atoms with Gasteiger partial charge in [-0.1, -0.05) is 6.07 Å². The number of ketones is 1. The molecule has 0 spiro atoms. The van der Waals surface area contributed by atoms with Crippen LogP contribution in [0.15, 0.2) is 41.3 Å². The molecule has 2 aromatic rings. The number of hydrogen-bond acceptors (Lipinski definition) is 5.